The Balaban J connectivity index is 1.81. The average molecular weight is 363 g/mol. The van der Waals surface area contributed by atoms with Gasteiger partial charge in [0.05, 0.1) is 11.6 Å². The van der Waals surface area contributed by atoms with E-state index >= 15 is 0 Å². The molecule has 2 aliphatic heterocycles. The van der Waals surface area contributed by atoms with Gasteiger partial charge in [0.1, 0.15) is 23.2 Å². The molecule has 0 N–H and O–H groups in total. The standard InChI is InChI=1S/C20H13NO4S/c1-11-6-16-17(19(22)23-11)18-15-3-2-12(9-21)7-13(15)8-20(24-16,25-18)14-4-5-26-10-14/h2-7,10,18H,8H2,1H3/t18-,20-/m0/s1. The Morgan fingerprint density at radius 2 is 2.19 bits per heavy atom. The Bertz CT molecular complexity index is 1130. The smallest absolute Gasteiger partial charge is 0.345 e. The van der Waals surface area contributed by atoms with Crippen LogP contribution in [0, 0.1) is 18.3 Å². The van der Waals surface area contributed by atoms with Crippen LogP contribution in [0.5, 0.6) is 5.75 Å². The van der Waals surface area contributed by atoms with Crippen LogP contribution in [0.1, 0.15) is 39.7 Å². The largest absolute Gasteiger partial charge is 0.457 e. The van der Waals surface area contributed by atoms with Gasteiger partial charge in [0.25, 0.3) is 0 Å². The van der Waals surface area contributed by atoms with E-state index < -0.39 is 17.5 Å². The molecule has 0 saturated carbocycles. The first kappa shape index (κ1) is 15.4. The molecule has 0 fully saturated rings. The van der Waals surface area contributed by atoms with Crippen molar-refractivity contribution in [1.29, 1.82) is 5.26 Å². The zero-order valence-electron chi connectivity index (χ0n) is 13.8. The quantitative estimate of drug-likeness (QED) is 0.658. The van der Waals surface area contributed by atoms with Crippen molar-refractivity contribution in [2.45, 2.75) is 25.2 Å². The zero-order valence-corrected chi connectivity index (χ0v) is 14.6. The third-order valence-electron chi connectivity index (χ3n) is 4.86. The van der Waals surface area contributed by atoms with Gasteiger partial charge in [-0.1, -0.05) is 6.07 Å². The van der Waals surface area contributed by atoms with E-state index in [-0.39, 0.29) is 0 Å². The van der Waals surface area contributed by atoms with Crippen molar-refractivity contribution in [2.24, 2.45) is 0 Å². The van der Waals surface area contributed by atoms with Crippen LogP contribution in [0.25, 0.3) is 0 Å². The predicted molar refractivity (Wildman–Crippen MR) is 94.1 cm³/mol. The molecule has 6 heteroatoms. The van der Waals surface area contributed by atoms with Gasteiger partial charge >= 0.3 is 5.63 Å². The molecule has 2 bridgehead atoms. The van der Waals surface area contributed by atoms with Crippen LogP contribution in [0.2, 0.25) is 0 Å². The maximum atomic E-state index is 12.5. The highest BCUT2D eigenvalue weighted by atomic mass is 32.1. The highest BCUT2D eigenvalue weighted by Gasteiger charge is 2.50. The number of thiophene rings is 1. The second-order valence-electron chi connectivity index (χ2n) is 6.49. The summed E-state index contributed by atoms with van der Waals surface area (Å²) in [6.07, 6.45) is -0.129. The molecule has 0 unspecified atom stereocenters. The summed E-state index contributed by atoms with van der Waals surface area (Å²) >= 11 is 1.56. The van der Waals surface area contributed by atoms with E-state index in [1.54, 1.807) is 30.4 Å². The third-order valence-corrected chi connectivity index (χ3v) is 5.54. The molecule has 1 aromatic carbocycles. The lowest BCUT2D eigenvalue weighted by atomic mass is 9.85. The Labute approximate surface area is 153 Å². The van der Waals surface area contributed by atoms with E-state index in [1.807, 2.05) is 29.0 Å². The summed E-state index contributed by atoms with van der Waals surface area (Å²) in [5.41, 5.74) is 3.19. The number of aryl methyl sites for hydroxylation is 1. The highest BCUT2D eigenvalue weighted by Crippen LogP contribution is 2.51. The van der Waals surface area contributed by atoms with E-state index in [0.717, 1.165) is 16.7 Å². The van der Waals surface area contributed by atoms with Gasteiger partial charge in [-0.2, -0.15) is 16.6 Å². The SMILES string of the molecule is Cc1cc2c(c(=O)o1)[C@H]1O[C@](c3ccsc3)(Cc3cc(C#N)ccc31)O2. The molecular formula is C20H13NO4S. The molecule has 5 nitrogen and oxygen atoms in total. The molecule has 2 aliphatic rings. The monoisotopic (exact) mass is 363 g/mol. The second-order valence-corrected chi connectivity index (χ2v) is 7.27. The molecule has 0 aliphatic carbocycles. The molecule has 4 heterocycles. The van der Waals surface area contributed by atoms with Crippen molar-refractivity contribution in [2.75, 3.05) is 0 Å². The van der Waals surface area contributed by atoms with Gasteiger partial charge in [-0.3, -0.25) is 0 Å². The van der Waals surface area contributed by atoms with E-state index in [4.69, 9.17) is 13.9 Å². The molecule has 3 aromatic rings. The first-order valence-corrected chi connectivity index (χ1v) is 9.11. The van der Waals surface area contributed by atoms with Gasteiger partial charge in [-0.25, -0.2) is 4.79 Å². The summed E-state index contributed by atoms with van der Waals surface area (Å²) in [6.45, 7) is 1.72. The lowest BCUT2D eigenvalue weighted by molar-refractivity contribution is -0.238. The fourth-order valence-electron chi connectivity index (χ4n) is 3.71. The number of nitrogens with zero attached hydrogens (tertiary/aromatic N) is 1. The van der Waals surface area contributed by atoms with E-state index in [2.05, 4.69) is 6.07 Å². The van der Waals surface area contributed by atoms with E-state index in [9.17, 15) is 10.1 Å². The summed E-state index contributed by atoms with van der Waals surface area (Å²) in [5.74, 6) is -0.0237. The van der Waals surface area contributed by atoms with Gasteiger partial charge < -0.3 is 13.9 Å². The van der Waals surface area contributed by atoms with Crippen LogP contribution in [0.4, 0.5) is 0 Å². The van der Waals surface area contributed by atoms with E-state index in [1.165, 1.54) is 0 Å². The average Bonchev–Trinajstić information content (AvgIpc) is 3.15. The number of nitriles is 1. The van der Waals surface area contributed by atoms with Gasteiger partial charge in [-0.15, -0.1) is 0 Å². The number of benzene rings is 1. The molecule has 26 heavy (non-hydrogen) atoms. The fraction of sp³-hybridized carbons (Fsp3) is 0.200. The minimum atomic E-state index is -1.01. The Hall–Kier alpha value is -2.88. The minimum absolute atomic E-state index is 0.368. The summed E-state index contributed by atoms with van der Waals surface area (Å²) < 4.78 is 17.9. The maximum absolute atomic E-state index is 12.5. The summed E-state index contributed by atoms with van der Waals surface area (Å²) in [7, 11) is 0. The molecular weight excluding hydrogens is 350 g/mol. The van der Waals surface area contributed by atoms with Crippen molar-refractivity contribution >= 4 is 11.3 Å². The first-order valence-electron chi connectivity index (χ1n) is 8.17. The fourth-order valence-corrected chi connectivity index (χ4v) is 4.42. The van der Waals surface area contributed by atoms with Crippen LogP contribution in [-0.2, 0) is 16.9 Å². The number of ether oxygens (including phenoxy) is 2. The highest BCUT2D eigenvalue weighted by molar-refractivity contribution is 7.08. The molecule has 5 rings (SSSR count). The Kier molecular flexibility index (Phi) is 3.14. The number of hydrogen-bond donors (Lipinski definition) is 0. The van der Waals surface area contributed by atoms with Crippen molar-refractivity contribution in [3.8, 4) is 11.8 Å². The second kappa shape index (κ2) is 5.31. The molecule has 2 aromatic heterocycles. The minimum Gasteiger partial charge on any atom is -0.457 e. The predicted octanol–water partition coefficient (Wildman–Crippen LogP) is 3.79. The summed E-state index contributed by atoms with van der Waals surface area (Å²) in [4.78, 5) is 12.5. The number of fused-ring (bicyclic) bond motifs is 6. The maximum Gasteiger partial charge on any atom is 0.345 e. The molecule has 0 saturated heterocycles. The van der Waals surface area contributed by atoms with Gasteiger partial charge in [0.15, 0.2) is 0 Å². The molecule has 128 valence electrons. The Morgan fingerprint density at radius 3 is 2.96 bits per heavy atom. The molecule has 2 atom stereocenters. The van der Waals surface area contributed by atoms with Gasteiger partial charge in [0.2, 0.25) is 5.79 Å². The van der Waals surface area contributed by atoms with Crippen LogP contribution in [0.3, 0.4) is 0 Å². The van der Waals surface area contributed by atoms with Gasteiger partial charge in [-0.05, 0) is 41.6 Å². The topological polar surface area (TPSA) is 72.5 Å². The number of hydrogen-bond acceptors (Lipinski definition) is 6. The van der Waals surface area contributed by atoms with Crippen molar-refractivity contribution in [3.05, 3.63) is 85.1 Å². The van der Waals surface area contributed by atoms with E-state index in [0.29, 0.717) is 29.1 Å². The third kappa shape index (κ3) is 2.08. The number of rotatable bonds is 1. The lowest BCUT2D eigenvalue weighted by Crippen LogP contribution is -2.47. The van der Waals surface area contributed by atoms with Crippen molar-refractivity contribution in [3.63, 3.8) is 0 Å². The normalized spacial score (nSPS) is 22.7. The van der Waals surface area contributed by atoms with Crippen LogP contribution in [-0.4, -0.2) is 0 Å². The van der Waals surface area contributed by atoms with Crippen LogP contribution < -0.4 is 10.4 Å². The van der Waals surface area contributed by atoms with Crippen LogP contribution in [0.15, 0.2) is 50.3 Å². The first-order chi connectivity index (χ1) is 12.6. The summed E-state index contributed by atoms with van der Waals surface area (Å²) in [6, 6.07) is 11.3. The summed E-state index contributed by atoms with van der Waals surface area (Å²) in [5, 5.41) is 13.2. The Morgan fingerprint density at radius 1 is 1.31 bits per heavy atom. The zero-order chi connectivity index (χ0) is 17.9. The molecule has 0 spiro atoms. The van der Waals surface area contributed by atoms with Crippen molar-refractivity contribution < 1.29 is 13.9 Å². The van der Waals surface area contributed by atoms with Crippen molar-refractivity contribution in [1.82, 2.24) is 0 Å². The molecule has 0 radical (unpaired) electrons. The lowest BCUT2D eigenvalue weighted by Gasteiger charge is -2.45. The molecule has 0 amide bonds. The van der Waals surface area contributed by atoms with Crippen LogP contribution >= 0.6 is 11.3 Å². The van der Waals surface area contributed by atoms with Gasteiger partial charge in [0, 0.05) is 23.4 Å².